The van der Waals surface area contributed by atoms with E-state index < -0.39 is 17.7 Å². The molecule has 0 spiro atoms. The quantitative estimate of drug-likeness (QED) is 0.291. The number of amides is 1. The van der Waals surface area contributed by atoms with Crippen molar-refractivity contribution in [1.82, 2.24) is 4.98 Å². The van der Waals surface area contributed by atoms with Crippen molar-refractivity contribution in [1.29, 1.82) is 0 Å². The van der Waals surface area contributed by atoms with E-state index in [0.717, 1.165) is 22.3 Å². The Morgan fingerprint density at radius 3 is 2.37 bits per heavy atom. The molecule has 1 N–H and O–H groups in total. The lowest BCUT2D eigenvalue weighted by Gasteiger charge is -2.26. The largest absolute Gasteiger partial charge is 0.507 e. The topological polar surface area (TPSA) is 79.7 Å². The van der Waals surface area contributed by atoms with E-state index in [1.54, 1.807) is 31.5 Å². The monoisotopic (exact) mass is 470 g/mol. The van der Waals surface area contributed by atoms with E-state index in [2.05, 4.69) is 4.98 Å². The summed E-state index contributed by atoms with van der Waals surface area (Å²) in [4.78, 5) is 32.8. The smallest absolute Gasteiger partial charge is 0.300 e. The van der Waals surface area contributed by atoms with Gasteiger partial charge in [-0.2, -0.15) is 0 Å². The molecule has 2 heterocycles. The van der Waals surface area contributed by atoms with Crippen molar-refractivity contribution in [2.45, 2.75) is 46.6 Å². The van der Waals surface area contributed by atoms with Gasteiger partial charge < -0.3 is 9.84 Å². The molecule has 6 nitrogen and oxygen atoms in total. The van der Waals surface area contributed by atoms with Crippen molar-refractivity contribution >= 4 is 23.1 Å². The number of nitrogens with zero attached hydrogens (tertiary/aromatic N) is 2. The van der Waals surface area contributed by atoms with Crippen molar-refractivity contribution < 1.29 is 19.4 Å². The third-order valence-electron chi connectivity index (χ3n) is 6.48. The minimum Gasteiger partial charge on any atom is -0.507 e. The number of benzene rings is 2. The van der Waals surface area contributed by atoms with Gasteiger partial charge >= 0.3 is 0 Å². The number of aryl methyl sites for hydroxylation is 3. The van der Waals surface area contributed by atoms with E-state index in [-0.39, 0.29) is 17.3 Å². The molecule has 3 aromatic rings. The molecule has 0 bridgehead atoms. The lowest BCUT2D eigenvalue weighted by molar-refractivity contribution is -0.132. The van der Waals surface area contributed by atoms with Crippen molar-refractivity contribution in [3.63, 3.8) is 0 Å². The van der Waals surface area contributed by atoms with Crippen molar-refractivity contribution in [3.8, 4) is 5.75 Å². The van der Waals surface area contributed by atoms with Gasteiger partial charge in [-0.1, -0.05) is 37.6 Å². The highest BCUT2D eigenvalue weighted by Crippen LogP contribution is 2.43. The maximum atomic E-state index is 13.5. The van der Waals surface area contributed by atoms with Crippen molar-refractivity contribution in [2.75, 3.05) is 12.0 Å². The Hall–Kier alpha value is -3.93. The molecule has 6 heteroatoms. The molecular formula is C29H30N2O4. The zero-order valence-electron chi connectivity index (χ0n) is 20.9. The number of hydrogen-bond acceptors (Lipinski definition) is 5. The fourth-order valence-electron chi connectivity index (χ4n) is 4.70. The average molecular weight is 471 g/mol. The van der Waals surface area contributed by atoms with Gasteiger partial charge in [0.2, 0.25) is 0 Å². The molecular weight excluding hydrogens is 440 g/mol. The summed E-state index contributed by atoms with van der Waals surface area (Å²) < 4.78 is 5.54. The third kappa shape index (κ3) is 4.20. The van der Waals surface area contributed by atoms with E-state index in [0.29, 0.717) is 22.7 Å². The second-order valence-electron chi connectivity index (χ2n) is 9.28. The average Bonchev–Trinajstić information content (AvgIpc) is 3.09. The van der Waals surface area contributed by atoms with Gasteiger partial charge in [0, 0.05) is 17.4 Å². The Bertz CT molecular complexity index is 1340. The molecule has 1 unspecified atom stereocenters. The zero-order chi connectivity index (χ0) is 25.4. The summed E-state index contributed by atoms with van der Waals surface area (Å²) in [5.41, 5.74) is 5.18. The van der Waals surface area contributed by atoms with Gasteiger partial charge in [0.1, 0.15) is 17.6 Å². The van der Waals surface area contributed by atoms with Crippen LogP contribution in [-0.4, -0.2) is 28.9 Å². The lowest BCUT2D eigenvalue weighted by atomic mass is 9.92. The van der Waals surface area contributed by atoms with Crippen molar-refractivity contribution in [3.05, 3.63) is 93.8 Å². The van der Waals surface area contributed by atoms with E-state index in [4.69, 9.17) is 4.74 Å². The highest BCUT2D eigenvalue weighted by Gasteiger charge is 2.48. The molecule has 0 aliphatic carbocycles. The second kappa shape index (κ2) is 9.37. The van der Waals surface area contributed by atoms with Crippen LogP contribution in [0.4, 0.5) is 5.69 Å². The molecule has 4 rings (SSSR count). The van der Waals surface area contributed by atoms with Gasteiger partial charge in [0.15, 0.2) is 0 Å². The highest BCUT2D eigenvalue weighted by atomic mass is 16.5. The van der Waals surface area contributed by atoms with E-state index in [1.807, 2.05) is 65.0 Å². The summed E-state index contributed by atoms with van der Waals surface area (Å²) in [6, 6.07) is 13.9. The summed E-state index contributed by atoms with van der Waals surface area (Å²) in [7, 11) is 1.61. The van der Waals surface area contributed by atoms with Crippen LogP contribution >= 0.6 is 0 Å². The van der Waals surface area contributed by atoms with E-state index in [1.165, 1.54) is 4.90 Å². The molecule has 180 valence electrons. The molecule has 35 heavy (non-hydrogen) atoms. The molecule has 1 atom stereocenters. The normalized spacial score (nSPS) is 17.3. The van der Waals surface area contributed by atoms with Crippen LogP contribution in [0.15, 0.2) is 60.3 Å². The number of ketones is 1. The Balaban J connectivity index is 1.99. The van der Waals surface area contributed by atoms with Gasteiger partial charge in [-0.15, -0.1) is 0 Å². The predicted molar refractivity (Wildman–Crippen MR) is 137 cm³/mol. The summed E-state index contributed by atoms with van der Waals surface area (Å²) in [5.74, 6) is -0.801. The number of carbonyl (C=O) groups excluding carboxylic acids is 2. The van der Waals surface area contributed by atoms with Crippen LogP contribution in [0.3, 0.4) is 0 Å². The van der Waals surface area contributed by atoms with Gasteiger partial charge in [-0.3, -0.25) is 19.5 Å². The highest BCUT2D eigenvalue weighted by molar-refractivity contribution is 6.51. The van der Waals surface area contributed by atoms with Crippen LogP contribution in [0.5, 0.6) is 5.75 Å². The van der Waals surface area contributed by atoms with Crippen LogP contribution in [0.2, 0.25) is 0 Å². The van der Waals surface area contributed by atoms with Crippen LogP contribution in [0.25, 0.3) is 5.76 Å². The fourth-order valence-corrected chi connectivity index (χ4v) is 4.70. The van der Waals surface area contributed by atoms with E-state index >= 15 is 0 Å². The Morgan fingerprint density at radius 2 is 1.77 bits per heavy atom. The number of rotatable bonds is 5. The molecule has 1 aromatic heterocycles. The van der Waals surface area contributed by atoms with Gasteiger partial charge in [0.25, 0.3) is 11.7 Å². The number of carbonyl (C=O) groups is 2. The van der Waals surface area contributed by atoms with Gasteiger partial charge in [-0.25, -0.2) is 0 Å². The SMILES string of the molecule is COc1cc(C)c(/C(O)=C2\C(=O)C(=O)N(c3ccc(C)cc3C)C2c2ccccn2)cc1C(C)C. The molecule has 1 amide bonds. The number of pyridine rings is 1. The minimum atomic E-state index is -0.860. The Kier molecular flexibility index (Phi) is 6.48. The molecule has 1 fully saturated rings. The number of aromatic nitrogens is 1. The number of Topliss-reactive ketones (excluding diaryl/α,β-unsaturated/α-hetero) is 1. The first-order valence-electron chi connectivity index (χ1n) is 11.6. The summed E-state index contributed by atoms with van der Waals surface area (Å²) in [6.07, 6.45) is 1.62. The molecule has 1 aliphatic heterocycles. The Morgan fingerprint density at radius 1 is 1.03 bits per heavy atom. The number of ether oxygens (including phenoxy) is 1. The summed E-state index contributed by atoms with van der Waals surface area (Å²) in [5, 5.41) is 11.6. The minimum absolute atomic E-state index is 0.0247. The first-order chi connectivity index (χ1) is 16.6. The summed E-state index contributed by atoms with van der Waals surface area (Å²) >= 11 is 0. The maximum absolute atomic E-state index is 13.5. The number of anilines is 1. The van der Waals surface area contributed by atoms with Crippen LogP contribution < -0.4 is 9.64 Å². The second-order valence-corrected chi connectivity index (χ2v) is 9.28. The third-order valence-corrected chi connectivity index (χ3v) is 6.48. The summed E-state index contributed by atoms with van der Waals surface area (Å²) in [6.45, 7) is 9.78. The van der Waals surface area contributed by atoms with Crippen LogP contribution in [0, 0.1) is 20.8 Å². The van der Waals surface area contributed by atoms with Gasteiger partial charge in [-0.05, 0) is 73.7 Å². The molecule has 0 saturated carbocycles. The number of hydrogen-bond donors (Lipinski definition) is 1. The number of methoxy groups -OCH3 is 1. The van der Waals surface area contributed by atoms with Crippen LogP contribution in [-0.2, 0) is 9.59 Å². The lowest BCUT2D eigenvalue weighted by Crippen LogP contribution is -2.30. The zero-order valence-corrected chi connectivity index (χ0v) is 20.9. The van der Waals surface area contributed by atoms with Crippen LogP contribution in [0.1, 0.15) is 59.3 Å². The molecule has 1 saturated heterocycles. The first-order valence-corrected chi connectivity index (χ1v) is 11.6. The van der Waals surface area contributed by atoms with E-state index in [9.17, 15) is 14.7 Å². The fraction of sp³-hybridized carbons (Fsp3) is 0.276. The van der Waals surface area contributed by atoms with Crippen molar-refractivity contribution in [2.24, 2.45) is 0 Å². The number of aliphatic hydroxyl groups excluding tert-OH is 1. The Labute approximate surface area is 205 Å². The first kappa shape index (κ1) is 24.2. The molecule has 2 aromatic carbocycles. The maximum Gasteiger partial charge on any atom is 0.300 e. The standard InChI is InChI=1S/C29H30N2O4/c1-16(2)20-15-21(18(4)14-24(20)35-6)27(32)25-26(22-9-7-8-12-30-22)31(29(34)28(25)33)23-11-10-17(3)13-19(23)5/h7-16,26,32H,1-6H3/b27-25+. The number of aliphatic hydroxyl groups is 1. The predicted octanol–water partition coefficient (Wildman–Crippen LogP) is 5.77. The molecule has 1 aliphatic rings. The van der Waals surface area contributed by atoms with Gasteiger partial charge in [0.05, 0.1) is 18.4 Å². The molecule has 0 radical (unpaired) electrons.